The Balaban J connectivity index is 1.28. The molecule has 5 rings (SSSR count). The third-order valence-corrected chi connectivity index (χ3v) is 5.72. The van der Waals surface area contributed by atoms with Gasteiger partial charge in [0.05, 0.1) is 16.6 Å². The van der Waals surface area contributed by atoms with Crippen LogP contribution < -0.4 is 20.7 Å². The van der Waals surface area contributed by atoms with Gasteiger partial charge in [-0.3, -0.25) is 0 Å². The van der Waals surface area contributed by atoms with Crippen LogP contribution >= 0.6 is 0 Å². The predicted molar refractivity (Wildman–Crippen MR) is 142 cm³/mol. The Labute approximate surface area is 215 Å². The molecule has 1 heterocycles. The van der Waals surface area contributed by atoms with E-state index >= 15 is 0 Å². The molecule has 7 nitrogen and oxygen atoms in total. The van der Waals surface area contributed by atoms with Gasteiger partial charge in [0.25, 0.3) is 0 Å². The zero-order valence-corrected chi connectivity index (χ0v) is 20.1. The Hall–Kier alpha value is -4.99. The zero-order chi connectivity index (χ0) is 26.7. The van der Waals surface area contributed by atoms with Gasteiger partial charge in [-0.2, -0.15) is 13.2 Å². The van der Waals surface area contributed by atoms with Crippen LogP contribution in [0.1, 0.15) is 5.56 Å². The summed E-state index contributed by atoms with van der Waals surface area (Å²) in [4.78, 5) is 19.7. The van der Waals surface area contributed by atoms with Gasteiger partial charge >= 0.3 is 12.2 Å². The van der Waals surface area contributed by atoms with Gasteiger partial charge in [-0.1, -0.05) is 12.1 Å². The maximum atomic E-state index is 13.9. The highest BCUT2D eigenvalue weighted by Gasteiger charge is 2.35. The first-order valence-electron chi connectivity index (χ1n) is 11.6. The first-order chi connectivity index (χ1) is 18.3. The van der Waals surface area contributed by atoms with Crippen LogP contribution in [0.4, 0.5) is 35.0 Å². The highest BCUT2D eigenvalue weighted by molar-refractivity contribution is 6.00. The number of imidazole rings is 1. The van der Waals surface area contributed by atoms with Crippen LogP contribution in [0.3, 0.4) is 0 Å². The number of amides is 2. The van der Waals surface area contributed by atoms with Gasteiger partial charge in [0.15, 0.2) is 0 Å². The summed E-state index contributed by atoms with van der Waals surface area (Å²) < 4.78 is 47.5. The molecule has 0 aliphatic carbocycles. The lowest BCUT2D eigenvalue weighted by Crippen LogP contribution is -2.20. The fourth-order valence-corrected chi connectivity index (χ4v) is 3.87. The van der Waals surface area contributed by atoms with Crippen molar-refractivity contribution >= 4 is 34.1 Å². The topological polar surface area (TPSA) is 91.1 Å². The normalized spacial score (nSPS) is 11.3. The quantitative estimate of drug-likeness (QED) is 0.186. The van der Waals surface area contributed by atoms with E-state index < -0.39 is 17.8 Å². The van der Waals surface area contributed by atoms with Crippen molar-refractivity contribution in [2.45, 2.75) is 6.18 Å². The molecule has 0 saturated carbocycles. The lowest BCUT2D eigenvalue weighted by atomic mass is 10.1. The number of rotatable bonds is 6. The van der Waals surface area contributed by atoms with E-state index in [1.165, 1.54) is 12.1 Å². The largest absolute Gasteiger partial charge is 0.457 e. The molecular weight excluding hydrogens is 495 g/mol. The van der Waals surface area contributed by atoms with Crippen LogP contribution in [-0.4, -0.2) is 23.0 Å². The van der Waals surface area contributed by atoms with E-state index in [9.17, 15) is 18.0 Å². The summed E-state index contributed by atoms with van der Waals surface area (Å²) >= 11 is 0. The number of nitrogens with one attached hydrogen (secondary N) is 4. The lowest BCUT2D eigenvalue weighted by Gasteiger charge is -2.14. The minimum atomic E-state index is -4.66. The average molecular weight is 518 g/mol. The number of urea groups is 1. The average Bonchev–Trinajstić information content (AvgIpc) is 3.34. The number of anilines is 3. The Kier molecular flexibility index (Phi) is 6.61. The first kappa shape index (κ1) is 24.7. The van der Waals surface area contributed by atoms with Crippen LogP contribution in [0.25, 0.3) is 22.4 Å². The van der Waals surface area contributed by atoms with Gasteiger partial charge in [-0.15, -0.1) is 0 Å². The number of hydrogen-bond acceptors (Lipinski definition) is 4. The van der Waals surface area contributed by atoms with Gasteiger partial charge in [0.1, 0.15) is 17.3 Å². The maximum Gasteiger partial charge on any atom is 0.417 e. The molecule has 4 N–H and O–H groups in total. The summed E-state index contributed by atoms with van der Waals surface area (Å²) in [7, 11) is 1.82. The smallest absolute Gasteiger partial charge is 0.417 e. The molecule has 5 aromatic rings. The van der Waals surface area contributed by atoms with Gasteiger partial charge < -0.3 is 25.7 Å². The zero-order valence-electron chi connectivity index (χ0n) is 20.1. The van der Waals surface area contributed by atoms with Crippen LogP contribution in [0.5, 0.6) is 11.5 Å². The van der Waals surface area contributed by atoms with Gasteiger partial charge in [-0.05, 0) is 78.9 Å². The Morgan fingerprint density at radius 2 is 1.42 bits per heavy atom. The van der Waals surface area contributed by atoms with Crippen LogP contribution in [0.2, 0.25) is 0 Å². The third-order valence-electron chi connectivity index (χ3n) is 5.72. The number of aromatic nitrogens is 2. The molecule has 0 fully saturated rings. The number of benzene rings is 4. The molecule has 192 valence electrons. The van der Waals surface area contributed by atoms with E-state index in [0.717, 1.165) is 11.8 Å². The summed E-state index contributed by atoms with van der Waals surface area (Å²) in [6.45, 7) is 0. The highest BCUT2D eigenvalue weighted by atomic mass is 19.4. The Morgan fingerprint density at radius 3 is 2.05 bits per heavy atom. The van der Waals surface area contributed by atoms with Gasteiger partial charge in [0.2, 0.25) is 0 Å². The van der Waals surface area contributed by atoms with Gasteiger partial charge in [-0.25, -0.2) is 9.78 Å². The van der Waals surface area contributed by atoms with Crippen molar-refractivity contribution in [3.63, 3.8) is 0 Å². The monoisotopic (exact) mass is 517 g/mol. The number of alkyl halides is 3. The van der Waals surface area contributed by atoms with Crippen LogP contribution in [-0.2, 0) is 6.18 Å². The number of aromatic amines is 1. The molecule has 0 radical (unpaired) electrons. The van der Waals surface area contributed by atoms with Crippen molar-refractivity contribution < 1.29 is 22.7 Å². The molecule has 0 aliphatic heterocycles. The second-order valence-electron chi connectivity index (χ2n) is 8.34. The van der Waals surface area contributed by atoms with Crippen molar-refractivity contribution in [3.05, 3.63) is 96.6 Å². The number of carbonyl (C=O) groups is 1. The third kappa shape index (κ3) is 5.54. The van der Waals surface area contributed by atoms with Crippen LogP contribution in [0.15, 0.2) is 91.0 Å². The van der Waals surface area contributed by atoms with E-state index in [4.69, 9.17) is 4.74 Å². The number of hydrogen-bond donors (Lipinski definition) is 4. The number of H-pyrrole nitrogens is 1. The standard InChI is InChI=1S/C28H22F3N5O2/c1-32-17-6-11-20(12-7-17)38-21-13-8-18(9-14-21)33-27(37)34-19-10-15-22(23(16-19)28(29,30)31)26-35-24-4-2-3-5-25(24)36-26/h2-16,32H,1H3,(H,35,36)(H2,33,34,37). The summed E-state index contributed by atoms with van der Waals surface area (Å²) in [5.41, 5.74) is 1.53. The number of carbonyl (C=O) groups excluding carboxylic acids is 1. The molecule has 4 aromatic carbocycles. The fraction of sp³-hybridized carbons (Fsp3) is 0.0714. The molecule has 0 aliphatic rings. The molecule has 2 amide bonds. The van der Waals surface area contributed by atoms with Crippen molar-refractivity contribution in [3.8, 4) is 22.9 Å². The highest BCUT2D eigenvalue weighted by Crippen LogP contribution is 2.38. The van der Waals surface area contributed by atoms with E-state index in [2.05, 4.69) is 25.9 Å². The van der Waals surface area contributed by atoms with Crippen molar-refractivity contribution in [2.24, 2.45) is 0 Å². The number of halogens is 3. The van der Waals surface area contributed by atoms with Crippen molar-refractivity contribution in [1.29, 1.82) is 0 Å². The molecule has 0 atom stereocenters. The summed E-state index contributed by atoms with van der Waals surface area (Å²) in [6.07, 6.45) is -4.66. The molecule has 0 spiro atoms. The first-order valence-corrected chi connectivity index (χ1v) is 11.6. The van der Waals surface area contributed by atoms with Crippen LogP contribution in [0, 0.1) is 0 Å². The second kappa shape index (κ2) is 10.2. The van der Waals surface area contributed by atoms with E-state index in [0.29, 0.717) is 28.2 Å². The SMILES string of the molecule is CNc1ccc(Oc2ccc(NC(=O)Nc3ccc(-c4nc5ccccc5[nH]4)c(C(F)(F)F)c3)cc2)cc1. The molecule has 0 bridgehead atoms. The minimum absolute atomic E-state index is 0.0142. The Bertz CT molecular complexity index is 1550. The second-order valence-corrected chi connectivity index (χ2v) is 8.34. The maximum absolute atomic E-state index is 13.9. The van der Waals surface area contributed by atoms with E-state index in [1.54, 1.807) is 48.5 Å². The number of fused-ring (bicyclic) bond motifs is 1. The van der Waals surface area contributed by atoms with E-state index in [-0.39, 0.29) is 17.1 Å². The molecule has 1 aromatic heterocycles. The molecule has 0 unspecified atom stereocenters. The molecular formula is C28H22F3N5O2. The van der Waals surface area contributed by atoms with Crippen molar-refractivity contribution in [1.82, 2.24) is 9.97 Å². The fourth-order valence-electron chi connectivity index (χ4n) is 3.87. The Morgan fingerprint density at radius 1 is 0.816 bits per heavy atom. The molecule has 0 saturated heterocycles. The van der Waals surface area contributed by atoms with Gasteiger partial charge in [0, 0.05) is 29.7 Å². The summed E-state index contributed by atoms with van der Waals surface area (Å²) in [6, 6.07) is 23.8. The predicted octanol–water partition coefficient (Wildman–Crippen LogP) is 7.73. The summed E-state index contributed by atoms with van der Waals surface area (Å²) in [5.74, 6) is 1.30. The minimum Gasteiger partial charge on any atom is -0.457 e. The lowest BCUT2D eigenvalue weighted by molar-refractivity contribution is -0.137. The molecule has 38 heavy (non-hydrogen) atoms. The molecule has 10 heteroatoms. The number of nitrogens with zero attached hydrogens (tertiary/aromatic N) is 1. The number of para-hydroxylation sites is 2. The van der Waals surface area contributed by atoms with Crippen molar-refractivity contribution in [2.75, 3.05) is 23.0 Å². The van der Waals surface area contributed by atoms with E-state index in [1.807, 2.05) is 31.3 Å². The summed E-state index contributed by atoms with van der Waals surface area (Å²) in [5, 5.41) is 8.09. The number of ether oxygens (including phenoxy) is 1.